The Labute approximate surface area is 212 Å². The van der Waals surface area contributed by atoms with Gasteiger partial charge in [0.15, 0.2) is 5.69 Å². The first kappa shape index (κ1) is 25.6. The minimum absolute atomic E-state index is 0.191. The summed E-state index contributed by atoms with van der Waals surface area (Å²) in [7, 11) is 0. The highest BCUT2D eigenvalue weighted by atomic mass is 16.1. The molecule has 0 atom stereocenters. The zero-order valence-corrected chi connectivity index (χ0v) is 21.8. The van der Waals surface area contributed by atoms with Gasteiger partial charge in [0, 0.05) is 29.0 Å². The summed E-state index contributed by atoms with van der Waals surface area (Å²) in [6.45, 7) is 2.71. The maximum absolute atomic E-state index is 13.2. The van der Waals surface area contributed by atoms with Crippen molar-refractivity contribution in [2.75, 3.05) is 0 Å². The molecule has 1 aliphatic carbocycles. The van der Waals surface area contributed by atoms with Crippen molar-refractivity contribution in [3.63, 3.8) is 0 Å². The molecule has 186 valence electrons. The summed E-state index contributed by atoms with van der Waals surface area (Å²) in [5, 5.41) is 1.21. The molecular formula is C33H44NO+. The van der Waals surface area contributed by atoms with E-state index in [9.17, 15) is 4.79 Å². The number of ketones is 1. The van der Waals surface area contributed by atoms with Crippen LogP contribution in [0.1, 0.15) is 112 Å². The fourth-order valence-corrected chi connectivity index (χ4v) is 5.98. The fourth-order valence-electron chi connectivity index (χ4n) is 5.98. The largest absolute Gasteiger partial charge is 0.287 e. The molecule has 0 saturated heterocycles. The number of hydrogen-bond donors (Lipinski definition) is 0. The van der Waals surface area contributed by atoms with Crippen molar-refractivity contribution in [3.05, 3.63) is 78.0 Å². The molecule has 2 heteroatoms. The van der Waals surface area contributed by atoms with Gasteiger partial charge in [0.25, 0.3) is 0 Å². The Morgan fingerprint density at radius 3 is 2.14 bits per heavy atom. The highest BCUT2D eigenvalue weighted by molar-refractivity contribution is 5.95. The lowest BCUT2D eigenvalue weighted by molar-refractivity contribution is -0.666. The van der Waals surface area contributed by atoms with Crippen LogP contribution in [0.3, 0.4) is 0 Å². The average molecular weight is 471 g/mol. The van der Waals surface area contributed by atoms with Crippen LogP contribution < -0.4 is 4.57 Å². The summed E-state index contributed by atoms with van der Waals surface area (Å²) < 4.78 is 2.31. The van der Waals surface area contributed by atoms with Gasteiger partial charge in [-0.1, -0.05) is 107 Å². The standard InChI is InChI=1S/C33H44NO/c1-2-3-4-5-6-7-8-10-15-27-20-22-29(23-21-27)32-25-24-28-16-13-14-19-31(28)34(32)26-33(35)30-17-11-9-12-18-30/h9,11-14,16-19,24-25,27,29H,2-8,10,15,20-23,26H2,1H3/q+1. The van der Waals surface area contributed by atoms with Gasteiger partial charge in [-0.05, 0) is 43.7 Å². The predicted octanol–water partition coefficient (Wildman–Crippen LogP) is 8.81. The van der Waals surface area contributed by atoms with Crippen LogP contribution in [0, 0.1) is 5.92 Å². The molecular weight excluding hydrogens is 426 g/mol. The van der Waals surface area contributed by atoms with Crippen molar-refractivity contribution in [3.8, 4) is 0 Å². The Bertz CT molecular complexity index is 1050. The van der Waals surface area contributed by atoms with Gasteiger partial charge in [-0.2, -0.15) is 4.57 Å². The summed E-state index contributed by atoms with van der Waals surface area (Å²) in [6.07, 6.45) is 17.8. The van der Waals surface area contributed by atoms with Gasteiger partial charge in [-0.3, -0.25) is 4.79 Å². The highest BCUT2D eigenvalue weighted by Gasteiger charge is 2.30. The Kier molecular flexibility index (Phi) is 9.93. The summed E-state index contributed by atoms with van der Waals surface area (Å²) in [5.74, 6) is 1.64. The van der Waals surface area contributed by atoms with Crippen molar-refractivity contribution in [2.24, 2.45) is 5.92 Å². The first-order chi connectivity index (χ1) is 17.3. The number of nitrogens with zero attached hydrogens (tertiary/aromatic N) is 1. The van der Waals surface area contributed by atoms with E-state index in [-0.39, 0.29) is 5.78 Å². The maximum atomic E-state index is 13.2. The molecule has 1 heterocycles. The molecule has 0 radical (unpaired) electrons. The van der Waals surface area contributed by atoms with E-state index in [1.807, 2.05) is 30.3 Å². The third-order valence-electron chi connectivity index (χ3n) is 8.10. The number of unbranched alkanes of at least 4 members (excludes halogenated alkanes) is 7. The number of aromatic nitrogens is 1. The van der Waals surface area contributed by atoms with E-state index in [1.54, 1.807) is 0 Å². The molecule has 1 saturated carbocycles. The molecule has 35 heavy (non-hydrogen) atoms. The quantitative estimate of drug-likeness (QED) is 0.139. The van der Waals surface area contributed by atoms with E-state index in [4.69, 9.17) is 0 Å². The van der Waals surface area contributed by atoms with E-state index in [2.05, 4.69) is 47.9 Å². The van der Waals surface area contributed by atoms with Crippen molar-refractivity contribution in [1.29, 1.82) is 0 Å². The van der Waals surface area contributed by atoms with Crippen LogP contribution in [0.25, 0.3) is 10.9 Å². The SMILES string of the molecule is CCCCCCCCCCC1CCC(c2ccc3ccccc3[n+]2CC(=O)c2ccccc2)CC1. The van der Waals surface area contributed by atoms with Crippen molar-refractivity contribution < 1.29 is 9.36 Å². The zero-order chi connectivity index (χ0) is 24.3. The van der Waals surface area contributed by atoms with E-state index in [1.165, 1.54) is 100 Å². The number of carbonyl (C=O) groups excluding carboxylic acids is 1. The first-order valence-corrected chi connectivity index (χ1v) is 14.3. The minimum atomic E-state index is 0.191. The van der Waals surface area contributed by atoms with Gasteiger partial charge in [-0.25, -0.2) is 0 Å². The third kappa shape index (κ3) is 7.26. The van der Waals surface area contributed by atoms with Crippen LogP contribution in [0.4, 0.5) is 0 Å². The molecule has 2 nitrogen and oxygen atoms in total. The van der Waals surface area contributed by atoms with Crippen LogP contribution in [-0.2, 0) is 6.54 Å². The number of fused-ring (bicyclic) bond motifs is 1. The van der Waals surface area contributed by atoms with Crippen LogP contribution in [0.2, 0.25) is 0 Å². The monoisotopic (exact) mass is 470 g/mol. The van der Waals surface area contributed by atoms with Gasteiger partial charge in [-0.15, -0.1) is 0 Å². The topological polar surface area (TPSA) is 20.9 Å². The molecule has 0 bridgehead atoms. The van der Waals surface area contributed by atoms with Gasteiger partial charge in [0.1, 0.15) is 0 Å². The Balaban J connectivity index is 1.35. The number of carbonyl (C=O) groups is 1. The van der Waals surface area contributed by atoms with Gasteiger partial charge < -0.3 is 0 Å². The number of para-hydroxylation sites is 1. The lowest BCUT2D eigenvalue weighted by Crippen LogP contribution is -2.44. The molecule has 2 aromatic carbocycles. The van der Waals surface area contributed by atoms with Crippen LogP contribution in [-0.4, -0.2) is 5.78 Å². The summed E-state index contributed by atoms with van der Waals surface area (Å²) in [4.78, 5) is 13.2. The van der Waals surface area contributed by atoms with Crippen molar-refractivity contribution in [1.82, 2.24) is 0 Å². The Morgan fingerprint density at radius 2 is 1.40 bits per heavy atom. The van der Waals surface area contributed by atoms with Crippen molar-refractivity contribution >= 4 is 16.7 Å². The van der Waals surface area contributed by atoms with Crippen LogP contribution in [0.5, 0.6) is 0 Å². The Morgan fingerprint density at radius 1 is 0.743 bits per heavy atom. The third-order valence-corrected chi connectivity index (χ3v) is 8.10. The normalized spacial score (nSPS) is 18.1. The highest BCUT2D eigenvalue weighted by Crippen LogP contribution is 2.37. The second-order valence-electron chi connectivity index (χ2n) is 10.7. The first-order valence-electron chi connectivity index (χ1n) is 14.3. The van der Waals surface area contributed by atoms with Gasteiger partial charge in [0.2, 0.25) is 17.8 Å². The van der Waals surface area contributed by atoms with Crippen molar-refractivity contribution in [2.45, 2.75) is 103 Å². The van der Waals surface area contributed by atoms with E-state index in [0.29, 0.717) is 12.5 Å². The van der Waals surface area contributed by atoms with Gasteiger partial charge in [0.05, 0.1) is 0 Å². The lowest BCUT2D eigenvalue weighted by Gasteiger charge is -2.27. The second-order valence-corrected chi connectivity index (χ2v) is 10.7. The minimum Gasteiger partial charge on any atom is -0.287 e. The summed E-state index contributed by atoms with van der Waals surface area (Å²) in [6, 6.07) is 22.8. The molecule has 4 rings (SSSR count). The zero-order valence-electron chi connectivity index (χ0n) is 21.8. The molecule has 1 fully saturated rings. The van der Waals surface area contributed by atoms with E-state index < -0.39 is 0 Å². The molecule has 0 amide bonds. The summed E-state index contributed by atoms with van der Waals surface area (Å²) >= 11 is 0. The number of pyridine rings is 1. The summed E-state index contributed by atoms with van der Waals surface area (Å²) in [5.41, 5.74) is 3.32. The van der Waals surface area contributed by atoms with E-state index >= 15 is 0 Å². The van der Waals surface area contributed by atoms with Crippen LogP contribution in [0.15, 0.2) is 66.7 Å². The number of Topliss-reactive ketones (excluding diaryl/α,β-unsaturated/α-hetero) is 1. The fraction of sp³-hybridized carbons (Fsp3) is 0.515. The average Bonchev–Trinajstić information content (AvgIpc) is 2.91. The smallest absolute Gasteiger partial charge is 0.227 e. The van der Waals surface area contributed by atoms with E-state index in [0.717, 1.165) is 11.5 Å². The molecule has 0 aliphatic heterocycles. The molecule has 1 aromatic heterocycles. The lowest BCUT2D eigenvalue weighted by atomic mass is 9.78. The second kappa shape index (κ2) is 13.6. The van der Waals surface area contributed by atoms with Crippen LogP contribution >= 0.6 is 0 Å². The number of benzene rings is 2. The Hall–Kier alpha value is -2.48. The molecule has 0 N–H and O–H groups in total. The predicted molar refractivity (Wildman–Crippen MR) is 147 cm³/mol. The molecule has 3 aromatic rings. The number of rotatable bonds is 13. The molecule has 0 unspecified atom stereocenters. The molecule has 0 spiro atoms. The molecule has 1 aliphatic rings. The number of hydrogen-bond acceptors (Lipinski definition) is 1. The van der Waals surface area contributed by atoms with Gasteiger partial charge >= 0.3 is 0 Å². The maximum Gasteiger partial charge on any atom is 0.227 e.